The Morgan fingerprint density at radius 2 is 0.939 bits per heavy atom. The quantitative estimate of drug-likeness (QED) is 0.0444. The van der Waals surface area contributed by atoms with Gasteiger partial charge in [0.1, 0.15) is 37.6 Å². The highest BCUT2D eigenvalue weighted by Crippen LogP contribution is 2.38. The Morgan fingerprint density at radius 3 is 1.33 bits per heavy atom. The molecule has 0 bridgehead atoms. The molecule has 6 amide bonds. The monoisotopic (exact) mass is 1130 g/mol. The van der Waals surface area contributed by atoms with Crippen molar-refractivity contribution in [3.05, 3.63) is 72.8 Å². The van der Waals surface area contributed by atoms with Crippen molar-refractivity contribution in [1.82, 2.24) is 80.9 Å². The molecule has 436 valence electrons. The molecule has 30 nitrogen and oxygen atoms in total. The van der Waals surface area contributed by atoms with Crippen molar-refractivity contribution in [3.63, 3.8) is 0 Å². The number of carbonyl (C=O) groups excluding carboxylic acids is 4. The molecule has 3 aliphatic carbocycles. The molecule has 0 radical (unpaired) electrons. The van der Waals surface area contributed by atoms with Crippen LogP contribution in [0.25, 0.3) is 22.3 Å². The first-order chi connectivity index (χ1) is 39.8. The molecule has 3 saturated carbocycles. The van der Waals surface area contributed by atoms with Crippen LogP contribution in [0.4, 0.5) is 33.1 Å². The number of aliphatic hydroxyl groups is 6. The predicted octanol–water partition coefficient (Wildman–Crippen LogP) is -1.97. The van der Waals surface area contributed by atoms with E-state index in [4.69, 9.17) is 29.9 Å². The van der Waals surface area contributed by atoms with E-state index in [-0.39, 0.29) is 62.2 Å². The van der Waals surface area contributed by atoms with Gasteiger partial charge in [0.05, 0.1) is 61.3 Å². The van der Waals surface area contributed by atoms with Gasteiger partial charge in [-0.3, -0.25) is 19.6 Å². The van der Waals surface area contributed by atoms with E-state index in [1.807, 2.05) is 34.1 Å². The summed E-state index contributed by atoms with van der Waals surface area (Å²) in [4.78, 5) is 92.3. The van der Waals surface area contributed by atoms with Gasteiger partial charge in [0.2, 0.25) is 23.7 Å². The zero-order chi connectivity index (χ0) is 57.0. The molecule has 2 saturated heterocycles. The van der Waals surface area contributed by atoms with Crippen LogP contribution >= 0.6 is 0 Å². The maximum atomic E-state index is 13.0. The first-order valence-electron chi connectivity index (χ1n) is 27.7. The highest BCUT2D eigenvalue weighted by atomic mass is 16.3. The molecule has 14 N–H and O–H groups in total. The molecule has 82 heavy (non-hydrogen) atoms. The SMILES string of the molecule is O=C(CO)N[C@H]1C[C@@H](n2cnc3c(NC4CCC(Nc5nc(N6CC[C@@H](NC(=O)NCc7ccccn7)C6)nc6c5ncn6[C@@H]5C[C@H](NC(=O)CO)[C@@H](O)[C@H]5O)CC4)nc(N4CC[C@@H](NC(=O)NCc5ccccn5)C4)nc32)[C@H](O)[C@@H]1O. The molecule has 0 unspecified atom stereocenters. The van der Waals surface area contributed by atoms with Gasteiger partial charge in [0, 0.05) is 62.7 Å². The Bertz CT molecular complexity index is 3010. The Hall–Kier alpha value is -8.16. The minimum Gasteiger partial charge on any atom is -0.388 e. The summed E-state index contributed by atoms with van der Waals surface area (Å²) in [5.74, 6) is 0.258. The van der Waals surface area contributed by atoms with E-state index < -0.39 is 73.6 Å². The molecular formula is C52H68N20O10. The summed E-state index contributed by atoms with van der Waals surface area (Å²) in [7, 11) is 0. The number of aliphatic hydroxyl groups excluding tert-OH is 6. The summed E-state index contributed by atoms with van der Waals surface area (Å²) in [5.41, 5.74) is 3.06. The number of carbonyl (C=O) groups is 4. The summed E-state index contributed by atoms with van der Waals surface area (Å²) >= 11 is 0. The zero-order valence-corrected chi connectivity index (χ0v) is 44.7. The second-order valence-corrected chi connectivity index (χ2v) is 21.6. The molecule has 5 fully saturated rings. The van der Waals surface area contributed by atoms with E-state index in [9.17, 15) is 49.8 Å². The number of rotatable bonds is 18. The smallest absolute Gasteiger partial charge is 0.315 e. The standard InChI is InChI=1S/C52H68N20O10/c73-23-37(75)63-33-17-35(43(79)41(33)77)71-25-57-39-45(65-49(67-47(39)71)69-15-11-31(21-69)61-51(81)55-19-29-5-1-3-13-53-29)59-27-7-9-28(10-8-27)60-46-40-48(72(26-58-40)36-18-34(42(78)44(36)80)64-38(76)24-74)68-50(66-46)70-16-12-32(22-70)62-52(82)56-20-30-6-2-4-14-54-30/h1-6,13-14,25-28,31-36,41-44,73-74,77-80H,7-12,15-24H2,(H,63,75)(H,64,76)(H2,55,61,81)(H2,56,62,82)(H,59,65,67)(H,60,66,68)/t27?,28?,31-,32-,33+,34+,35-,36-,41-,42-,43+,44+/m1/s1. The lowest BCUT2D eigenvalue weighted by molar-refractivity contribution is -0.126. The Kier molecular flexibility index (Phi) is 16.7. The summed E-state index contributed by atoms with van der Waals surface area (Å²) in [5, 5.41) is 87.8. The summed E-state index contributed by atoms with van der Waals surface area (Å²) in [6.07, 6.45) is 5.29. The lowest BCUT2D eigenvalue weighted by Gasteiger charge is -2.31. The van der Waals surface area contributed by atoms with Crippen molar-refractivity contribution in [3.8, 4) is 0 Å². The van der Waals surface area contributed by atoms with Crippen LogP contribution < -0.4 is 52.3 Å². The van der Waals surface area contributed by atoms with Crippen LogP contribution in [0.3, 0.4) is 0 Å². The maximum Gasteiger partial charge on any atom is 0.315 e. The molecule has 0 spiro atoms. The van der Waals surface area contributed by atoms with Crippen LogP contribution in [0.1, 0.15) is 74.8 Å². The van der Waals surface area contributed by atoms with Gasteiger partial charge in [0.15, 0.2) is 34.0 Å². The van der Waals surface area contributed by atoms with Gasteiger partial charge in [-0.2, -0.15) is 19.9 Å². The number of aromatic nitrogens is 10. The molecule has 11 rings (SSSR count). The van der Waals surface area contributed by atoms with E-state index >= 15 is 0 Å². The molecule has 2 aliphatic heterocycles. The molecule has 10 atom stereocenters. The van der Waals surface area contributed by atoms with Gasteiger partial charge in [-0.25, -0.2) is 19.6 Å². The number of nitrogens with one attached hydrogen (secondary N) is 8. The number of amides is 6. The third kappa shape index (κ3) is 12.2. The number of nitrogens with zero attached hydrogens (tertiary/aromatic N) is 12. The van der Waals surface area contributed by atoms with E-state index in [1.165, 1.54) is 12.7 Å². The van der Waals surface area contributed by atoms with Gasteiger partial charge < -0.3 is 92.1 Å². The average molecular weight is 1130 g/mol. The van der Waals surface area contributed by atoms with Gasteiger partial charge in [-0.1, -0.05) is 12.1 Å². The van der Waals surface area contributed by atoms with E-state index in [2.05, 4.69) is 52.5 Å². The van der Waals surface area contributed by atoms with Crippen molar-refractivity contribution in [2.45, 2.75) is 137 Å². The fraction of sp³-hybridized carbons (Fsp3) is 0.538. The lowest BCUT2D eigenvalue weighted by atomic mass is 9.91. The Morgan fingerprint density at radius 1 is 0.512 bits per heavy atom. The van der Waals surface area contributed by atoms with Gasteiger partial charge in [-0.05, 0) is 75.6 Å². The first-order valence-corrected chi connectivity index (χ1v) is 27.7. The van der Waals surface area contributed by atoms with Crippen LogP contribution in [0.2, 0.25) is 0 Å². The fourth-order valence-corrected chi connectivity index (χ4v) is 11.8. The summed E-state index contributed by atoms with van der Waals surface area (Å²) < 4.78 is 3.37. The predicted molar refractivity (Wildman–Crippen MR) is 294 cm³/mol. The fourth-order valence-electron chi connectivity index (χ4n) is 11.8. The van der Waals surface area contributed by atoms with Crippen molar-refractivity contribution >= 4 is 69.7 Å². The minimum absolute atomic E-state index is 0.0909. The highest BCUT2D eigenvalue weighted by molar-refractivity contribution is 5.86. The van der Waals surface area contributed by atoms with Crippen LogP contribution in [0, 0.1) is 0 Å². The van der Waals surface area contributed by atoms with Gasteiger partial charge >= 0.3 is 12.1 Å². The molecular weight excluding hydrogens is 1060 g/mol. The van der Waals surface area contributed by atoms with Crippen LogP contribution in [0.15, 0.2) is 61.4 Å². The van der Waals surface area contributed by atoms with E-state index in [0.29, 0.717) is 111 Å². The number of hydrogen-bond donors (Lipinski definition) is 14. The van der Waals surface area contributed by atoms with Crippen molar-refractivity contribution in [2.24, 2.45) is 0 Å². The molecule has 30 heteroatoms. The lowest BCUT2D eigenvalue weighted by Crippen LogP contribution is -2.44. The number of imidazole rings is 2. The van der Waals surface area contributed by atoms with E-state index in [0.717, 1.165) is 11.4 Å². The van der Waals surface area contributed by atoms with Gasteiger partial charge in [-0.15, -0.1) is 0 Å². The Balaban J connectivity index is 0.810. The molecule has 0 aromatic carbocycles. The molecule has 8 heterocycles. The number of urea groups is 2. The normalized spacial score (nSPS) is 27.1. The van der Waals surface area contributed by atoms with Crippen LogP contribution in [-0.2, 0) is 22.7 Å². The number of hydrogen-bond acceptors (Lipinski definition) is 22. The second-order valence-electron chi connectivity index (χ2n) is 21.6. The second kappa shape index (κ2) is 24.5. The highest BCUT2D eigenvalue weighted by Gasteiger charge is 2.46. The number of pyridine rings is 2. The average Bonchev–Trinajstić information content (AvgIpc) is 4.44. The number of anilines is 4. The minimum atomic E-state index is -1.33. The molecule has 6 aromatic rings. The van der Waals surface area contributed by atoms with Crippen molar-refractivity contribution in [2.75, 3.05) is 59.8 Å². The maximum absolute atomic E-state index is 13.0. The zero-order valence-electron chi connectivity index (χ0n) is 44.7. The van der Waals surface area contributed by atoms with Crippen molar-refractivity contribution < 1.29 is 49.8 Å². The van der Waals surface area contributed by atoms with Crippen LogP contribution in [-0.4, -0.2) is 204 Å². The third-order valence-electron chi connectivity index (χ3n) is 16.2. The summed E-state index contributed by atoms with van der Waals surface area (Å²) in [6, 6.07) is 6.45. The largest absolute Gasteiger partial charge is 0.388 e. The number of fused-ring (bicyclic) bond motifs is 2. The third-order valence-corrected chi connectivity index (χ3v) is 16.2. The first kappa shape index (κ1) is 55.7. The van der Waals surface area contributed by atoms with Crippen LogP contribution in [0.5, 0.6) is 0 Å². The van der Waals surface area contributed by atoms with E-state index in [1.54, 1.807) is 33.7 Å². The Labute approximate surface area is 469 Å². The van der Waals surface area contributed by atoms with Crippen molar-refractivity contribution in [1.29, 1.82) is 0 Å². The summed E-state index contributed by atoms with van der Waals surface area (Å²) in [6.45, 7) is 0.799. The molecule has 5 aliphatic rings. The van der Waals surface area contributed by atoms with Gasteiger partial charge in [0.25, 0.3) is 0 Å². The molecule has 6 aromatic heterocycles. The topological polar surface area (TPSA) is 405 Å².